The predicted molar refractivity (Wildman–Crippen MR) is 107 cm³/mol. The highest BCUT2D eigenvalue weighted by Crippen LogP contribution is 2.22. The Bertz CT molecular complexity index is 932. The van der Waals surface area contributed by atoms with Gasteiger partial charge < -0.3 is 5.32 Å². The van der Waals surface area contributed by atoms with Crippen molar-refractivity contribution in [1.29, 1.82) is 5.26 Å². The number of rotatable bonds is 8. The molecule has 7 heteroatoms. The molecular weight excluding hydrogens is 362 g/mol. The minimum Gasteiger partial charge on any atom is -0.326 e. The summed E-state index contributed by atoms with van der Waals surface area (Å²) >= 11 is 0. The number of amides is 1. The van der Waals surface area contributed by atoms with Gasteiger partial charge in [-0.3, -0.25) is 9.10 Å². The number of hydrogen-bond acceptors (Lipinski definition) is 4. The average molecular weight is 385 g/mol. The van der Waals surface area contributed by atoms with E-state index in [4.69, 9.17) is 5.26 Å². The molecule has 0 aliphatic heterocycles. The van der Waals surface area contributed by atoms with E-state index < -0.39 is 10.0 Å². The van der Waals surface area contributed by atoms with Crippen molar-refractivity contribution in [2.75, 3.05) is 22.4 Å². The first-order chi connectivity index (χ1) is 12.8. The Kier molecular flexibility index (Phi) is 6.97. The molecule has 0 spiro atoms. The second-order valence-corrected chi connectivity index (χ2v) is 8.21. The van der Waals surface area contributed by atoms with Crippen molar-refractivity contribution in [2.45, 2.75) is 26.2 Å². The van der Waals surface area contributed by atoms with Gasteiger partial charge in [-0.25, -0.2) is 8.42 Å². The van der Waals surface area contributed by atoms with Crippen LogP contribution in [0.2, 0.25) is 0 Å². The zero-order valence-electron chi connectivity index (χ0n) is 15.5. The smallest absolute Gasteiger partial charge is 0.232 e. The third-order valence-corrected chi connectivity index (χ3v) is 5.25. The fourth-order valence-electron chi connectivity index (χ4n) is 2.71. The maximum atomic E-state index is 12.1. The van der Waals surface area contributed by atoms with E-state index in [-0.39, 0.29) is 18.9 Å². The van der Waals surface area contributed by atoms with Crippen molar-refractivity contribution in [2.24, 2.45) is 0 Å². The molecule has 0 fully saturated rings. The molecule has 0 aliphatic carbocycles. The molecule has 0 saturated heterocycles. The molecular formula is C20H23N3O3S. The number of carbonyl (C=O) groups excluding carboxylic acids is 1. The molecule has 0 radical (unpaired) electrons. The van der Waals surface area contributed by atoms with Crippen molar-refractivity contribution in [3.05, 3.63) is 59.7 Å². The molecule has 27 heavy (non-hydrogen) atoms. The van der Waals surface area contributed by atoms with E-state index in [2.05, 4.69) is 11.4 Å². The normalized spacial score (nSPS) is 10.9. The number of aryl methyl sites for hydroxylation is 1. The van der Waals surface area contributed by atoms with Crippen LogP contribution in [-0.2, 0) is 21.2 Å². The molecule has 1 amide bonds. The van der Waals surface area contributed by atoms with Gasteiger partial charge in [0, 0.05) is 18.7 Å². The minimum atomic E-state index is -3.43. The number of nitriles is 1. The molecule has 0 atom stereocenters. The number of benzene rings is 2. The zero-order chi connectivity index (χ0) is 19.9. The van der Waals surface area contributed by atoms with Gasteiger partial charge in [0.15, 0.2) is 0 Å². The van der Waals surface area contributed by atoms with Crippen molar-refractivity contribution >= 4 is 27.3 Å². The van der Waals surface area contributed by atoms with Crippen LogP contribution in [0, 0.1) is 18.3 Å². The summed E-state index contributed by atoms with van der Waals surface area (Å²) in [5.74, 6) is -0.179. The summed E-state index contributed by atoms with van der Waals surface area (Å²) < 4.78 is 25.6. The van der Waals surface area contributed by atoms with Gasteiger partial charge in [-0.1, -0.05) is 30.3 Å². The summed E-state index contributed by atoms with van der Waals surface area (Å²) in [7, 11) is -3.43. The molecule has 0 saturated carbocycles. The summed E-state index contributed by atoms with van der Waals surface area (Å²) in [4.78, 5) is 12.1. The van der Waals surface area contributed by atoms with Gasteiger partial charge in [-0.2, -0.15) is 5.26 Å². The molecule has 0 bridgehead atoms. The van der Waals surface area contributed by atoms with E-state index in [1.807, 2.05) is 19.1 Å². The predicted octanol–water partition coefficient (Wildman–Crippen LogP) is 3.25. The second kappa shape index (κ2) is 9.19. The van der Waals surface area contributed by atoms with E-state index >= 15 is 0 Å². The maximum Gasteiger partial charge on any atom is 0.232 e. The number of sulfonamides is 1. The third kappa shape index (κ3) is 6.12. The van der Waals surface area contributed by atoms with Crippen LogP contribution in [0.4, 0.5) is 11.4 Å². The molecule has 0 heterocycles. The van der Waals surface area contributed by atoms with Crippen LogP contribution in [0.3, 0.4) is 0 Å². The van der Waals surface area contributed by atoms with Gasteiger partial charge >= 0.3 is 0 Å². The number of nitrogens with one attached hydrogen (secondary N) is 1. The van der Waals surface area contributed by atoms with Crippen LogP contribution >= 0.6 is 0 Å². The SMILES string of the molecule is Cc1ccccc1N(CCCC(=O)Nc1ccc(CC#N)cc1)S(C)(=O)=O. The van der Waals surface area contributed by atoms with Crippen LogP contribution in [0.25, 0.3) is 0 Å². The van der Waals surface area contributed by atoms with Crippen LogP contribution in [0.5, 0.6) is 0 Å². The number of para-hydroxylation sites is 1. The van der Waals surface area contributed by atoms with E-state index in [0.29, 0.717) is 24.2 Å². The van der Waals surface area contributed by atoms with Gasteiger partial charge in [0.05, 0.1) is 24.4 Å². The highest BCUT2D eigenvalue weighted by atomic mass is 32.2. The van der Waals surface area contributed by atoms with Gasteiger partial charge in [0.2, 0.25) is 15.9 Å². The Morgan fingerprint density at radius 1 is 1.15 bits per heavy atom. The van der Waals surface area contributed by atoms with Crippen LogP contribution in [-0.4, -0.2) is 27.1 Å². The maximum absolute atomic E-state index is 12.1. The fourth-order valence-corrected chi connectivity index (χ4v) is 3.73. The van der Waals surface area contributed by atoms with Crippen molar-refractivity contribution in [3.63, 3.8) is 0 Å². The quantitative estimate of drug-likeness (QED) is 0.755. The Labute approximate surface area is 160 Å². The lowest BCUT2D eigenvalue weighted by molar-refractivity contribution is -0.116. The van der Waals surface area contributed by atoms with E-state index in [0.717, 1.165) is 11.1 Å². The van der Waals surface area contributed by atoms with Gasteiger partial charge in [0.1, 0.15) is 0 Å². The Hall–Kier alpha value is -2.85. The molecule has 1 N–H and O–H groups in total. The lowest BCUT2D eigenvalue weighted by Gasteiger charge is -2.24. The van der Waals surface area contributed by atoms with Gasteiger partial charge in [-0.05, 0) is 42.7 Å². The number of hydrogen-bond donors (Lipinski definition) is 1. The van der Waals surface area contributed by atoms with Crippen molar-refractivity contribution in [1.82, 2.24) is 0 Å². The molecule has 0 aromatic heterocycles. The van der Waals surface area contributed by atoms with E-state index in [1.165, 1.54) is 10.6 Å². The molecule has 142 valence electrons. The summed E-state index contributed by atoms with van der Waals surface area (Å²) in [6.45, 7) is 2.09. The summed E-state index contributed by atoms with van der Waals surface area (Å²) in [5.41, 5.74) is 3.04. The Balaban J connectivity index is 1.93. The monoisotopic (exact) mass is 385 g/mol. The summed E-state index contributed by atoms with van der Waals surface area (Å²) in [6, 6.07) is 16.4. The topological polar surface area (TPSA) is 90.3 Å². The molecule has 2 aromatic rings. The van der Waals surface area contributed by atoms with Crippen LogP contribution in [0.1, 0.15) is 24.0 Å². The first-order valence-corrected chi connectivity index (χ1v) is 10.4. The molecule has 2 aromatic carbocycles. The zero-order valence-corrected chi connectivity index (χ0v) is 16.3. The number of anilines is 2. The average Bonchev–Trinajstić information content (AvgIpc) is 2.61. The first kappa shape index (κ1) is 20.5. The number of nitrogens with zero attached hydrogens (tertiary/aromatic N) is 2. The van der Waals surface area contributed by atoms with Crippen LogP contribution in [0.15, 0.2) is 48.5 Å². The Morgan fingerprint density at radius 2 is 1.81 bits per heavy atom. The lowest BCUT2D eigenvalue weighted by Crippen LogP contribution is -2.32. The molecule has 0 unspecified atom stereocenters. The fraction of sp³-hybridized carbons (Fsp3) is 0.300. The van der Waals surface area contributed by atoms with Gasteiger partial charge in [-0.15, -0.1) is 0 Å². The highest BCUT2D eigenvalue weighted by Gasteiger charge is 2.19. The van der Waals surface area contributed by atoms with Crippen molar-refractivity contribution < 1.29 is 13.2 Å². The molecule has 2 rings (SSSR count). The molecule has 0 aliphatic rings. The minimum absolute atomic E-state index is 0.179. The van der Waals surface area contributed by atoms with Gasteiger partial charge in [0.25, 0.3) is 0 Å². The standard InChI is InChI=1S/C20H23N3O3S/c1-16-6-3-4-7-19(16)23(27(2,25)26)15-5-8-20(24)22-18-11-9-17(10-12-18)13-14-21/h3-4,6-7,9-12H,5,8,13,15H2,1-2H3,(H,22,24). The lowest BCUT2D eigenvalue weighted by atomic mass is 10.1. The van der Waals surface area contributed by atoms with Crippen molar-refractivity contribution in [3.8, 4) is 6.07 Å². The first-order valence-electron chi connectivity index (χ1n) is 8.60. The Morgan fingerprint density at radius 3 is 2.41 bits per heavy atom. The van der Waals surface area contributed by atoms with Crippen LogP contribution < -0.4 is 9.62 Å². The number of carbonyl (C=O) groups is 1. The summed E-state index contributed by atoms with van der Waals surface area (Å²) in [5, 5.41) is 11.5. The largest absolute Gasteiger partial charge is 0.326 e. The highest BCUT2D eigenvalue weighted by molar-refractivity contribution is 7.92. The summed E-state index contributed by atoms with van der Waals surface area (Å²) in [6.07, 6.45) is 2.11. The van der Waals surface area contributed by atoms with E-state index in [1.54, 1.807) is 36.4 Å². The molecule has 6 nitrogen and oxygen atoms in total. The second-order valence-electron chi connectivity index (χ2n) is 6.31. The third-order valence-electron chi connectivity index (χ3n) is 4.07. The van der Waals surface area contributed by atoms with E-state index in [9.17, 15) is 13.2 Å².